The molecule has 0 spiro atoms. The Balaban J connectivity index is 1.43. The second-order valence-electron chi connectivity index (χ2n) is 9.15. The quantitative estimate of drug-likeness (QED) is 0.456. The number of thioether (sulfide) groups is 1. The summed E-state index contributed by atoms with van der Waals surface area (Å²) in [6, 6.07) is 9.39. The Morgan fingerprint density at radius 2 is 2.03 bits per heavy atom. The molecule has 7 nitrogen and oxygen atoms in total. The number of aromatic amines is 1. The van der Waals surface area contributed by atoms with Crippen molar-refractivity contribution in [2.45, 2.75) is 32.6 Å². The molecule has 0 bridgehead atoms. The average molecular weight is 494 g/mol. The Morgan fingerprint density at radius 3 is 2.85 bits per heavy atom. The van der Waals surface area contributed by atoms with Crippen LogP contribution in [0.2, 0.25) is 5.02 Å². The van der Waals surface area contributed by atoms with Crippen molar-refractivity contribution in [3.63, 3.8) is 0 Å². The van der Waals surface area contributed by atoms with Crippen molar-refractivity contribution in [1.82, 2.24) is 19.6 Å². The molecule has 6 rings (SSSR count). The highest BCUT2D eigenvalue weighted by atomic mass is 35.5. The molecule has 34 heavy (non-hydrogen) atoms. The molecule has 1 saturated heterocycles. The monoisotopic (exact) mass is 493 g/mol. The van der Waals surface area contributed by atoms with E-state index in [1.165, 1.54) is 11.5 Å². The number of aryl methyl sites for hydroxylation is 1. The van der Waals surface area contributed by atoms with Gasteiger partial charge in [-0.3, -0.25) is 14.0 Å². The van der Waals surface area contributed by atoms with Gasteiger partial charge in [-0.2, -0.15) is 11.8 Å². The normalized spacial score (nSPS) is 16.5. The number of H-pyrrole nitrogens is 1. The second kappa shape index (κ2) is 8.43. The minimum absolute atomic E-state index is 0.0786. The lowest BCUT2D eigenvalue weighted by molar-refractivity contribution is 0.0989. The first-order chi connectivity index (χ1) is 16.5. The van der Waals surface area contributed by atoms with Gasteiger partial charge in [-0.25, -0.2) is 0 Å². The van der Waals surface area contributed by atoms with Crippen molar-refractivity contribution >= 4 is 51.6 Å². The van der Waals surface area contributed by atoms with Gasteiger partial charge < -0.3 is 9.88 Å². The largest absolute Gasteiger partial charge is 0.317 e. The minimum Gasteiger partial charge on any atom is -0.317 e. The van der Waals surface area contributed by atoms with Gasteiger partial charge in [0, 0.05) is 29.2 Å². The third-order valence-electron chi connectivity index (χ3n) is 6.99. The summed E-state index contributed by atoms with van der Waals surface area (Å²) < 4.78 is 1.88. The molecule has 1 N–H and O–H groups in total. The molecule has 2 aromatic heterocycles. The number of anilines is 1. The lowest BCUT2D eigenvalue weighted by Crippen LogP contribution is -2.29. The highest BCUT2D eigenvalue weighted by Crippen LogP contribution is 2.33. The summed E-state index contributed by atoms with van der Waals surface area (Å²) in [6.07, 6.45) is 3.88. The number of halogens is 1. The van der Waals surface area contributed by atoms with Crippen molar-refractivity contribution in [1.29, 1.82) is 0 Å². The van der Waals surface area contributed by atoms with Crippen LogP contribution in [-0.4, -0.2) is 43.5 Å². The first-order valence-corrected chi connectivity index (χ1v) is 13.1. The maximum atomic E-state index is 13.6. The van der Waals surface area contributed by atoms with E-state index in [1.807, 2.05) is 47.4 Å². The van der Waals surface area contributed by atoms with Crippen LogP contribution >= 0.6 is 23.4 Å². The number of hydrogen-bond acceptors (Lipinski definition) is 5. The van der Waals surface area contributed by atoms with Crippen molar-refractivity contribution in [2.75, 3.05) is 23.0 Å². The fourth-order valence-corrected chi connectivity index (χ4v) is 6.57. The lowest BCUT2D eigenvalue weighted by atomic mass is 9.98. The average Bonchev–Trinajstić information content (AvgIpc) is 3.44. The summed E-state index contributed by atoms with van der Waals surface area (Å²) in [5.41, 5.74) is 4.83. The zero-order valence-corrected chi connectivity index (χ0v) is 20.4. The molecule has 0 unspecified atom stereocenters. The smallest absolute Gasteiger partial charge is 0.294 e. The summed E-state index contributed by atoms with van der Waals surface area (Å²) in [7, 11) is 0. The third-order valence-corrected chi connectivity index (χ3v) is 8.27. The van der Waals surface area contributed by atoms with Crippen molar-refractivity contribution in [3.8, 4) is 0 Å². The Morgan fingerprint density at radius 1 is 1.21 bits per heavy atom. The molecule has 0 aliphatic carbocycles. The van der Waals surface area contributed by atoms with Crippen LogP contribution in [0.5, 0.6) is 0 Å². The van der Waals surface area contributed by atoms with Crippen LogP contribution in [0.3, 0.4) is 0 Å². The molecule has 0 radical (unpaired) electrons. The molecule has 4 heterocycles. The molecular formula is C25H24ClN5O2S. The predicted octanol–water partition coefficient (Wildman–Crippen LogP) is 4.42. The Bertz CT molecular complexity index is 1500. The van der Waals surface area contributed by atoms with Gasteiger partial charge in [-0.1, -0.05) is 11.6 Å². The van der Waals surface area contributed by atoms with E-state index in [2.05, 4.69) is 15.2 Å². The van der Waals surface area contributed by atoms with Gasteiger partial charge in [0.15, 0.2) is 0 Å². The summed E-state index contributed by atoms with van der Waals surface area (Å²) >= 11 is 8.13. The van der Waals surface area contributed by atoms with Gasteiger partial charge in [0.1, 0.15) is 5.82 Å². The zero-order chi connectivity index (χ0) is 23.4. The molecule has 174 valence electrons. The van der Waals surface area contributed by atoms with E-state index in [4.69, 9.17) is 11.6 Å². The number of amides is 1. The van der Waals surface area contributed by atoms with E-state index in [0.717, 1.165) is 53.8 Å². The first kappa shape index (κ1) is 21.7. The molecule has 2 aromatic carbocycles. The molecule has 2 aliphatic rings. The van der Waals surface area contributed by atoms with Crippen molar-refractivity contribution in [2.24, 2.45) is 5.92 Å². The summed E-state index contributed by atoms with van der Waals surface area (Å²) in [5.74, 6) is 3.61. The number of rotatable bonds is 3. The van der Waals surface area contributed by atoms with Gasteiger partial charge >= 0.3 is 0 Å². The zero-order valence-electron chi connectivity index (χ0n) is 18.8. The number of nitrogens with zero attached hydrogens (tertiary/aromatic N) is 4. The maximum Gasteiger partial charge on any atom is 0.294 e. The number of carbonyl (C=O) groups is 1. The highest BCUT2D eigenvalue weighted by molar-refractivity contribution is 7.99. The van der Waals surface area contributed by atoms with Crippen molar-refractivity contribution < 1.29 is 4.79 Å². The molecular weight excluding hydrogens is 470 g/mol. The summed E-state index contributed by atoms with van der Waals surface area (Å²) in [6.45, 7) is 2.54. The van der Waals surface area contributed by atoms with Crippen LogP contribution in [0, 0.1) is 12.8 Å². The number of benzene rings is 2. The van der Waals surface area contributed by atoms with Crippen LogP contribution in [0.25, 0.3) is 16.7 Å². The van der Waals surface area contributed by atoms with Gasteiger partial charge in [-0.05, 0) is 85.1 Å². The lowest BCUT2D eigenvalue weighted by Gasteiger charge is -2.21. The highest BCUT2D eigenvalue weighted by Gasteiger charge is 2.27. The number of nitrogens with one attached hydrogen (secondary N) is 1. The van der Waals surface area contributed by atoms with E-state index in [9.17, 15) is 9.59 Å². The Hall–Kier alpha value is -2.84. The van der Waals surface area contributed by atoms with Crippen LogP contribution in [0.1, 0.15) is 40.2 Å². The topological polar surface area (TPSA) is 83.4 Å². The van der Waals surface area contributed by atoms with Crippen molar-refractivity contribution in [3.05, 3.63) is 68.2 Å². The second-order valence-corrected chi connectivity index (χ2v) is 10.8. The van der Waals surface area contributed by atoms with Gasteiger partial charge in [0.2, 0.25) is 5.65 Å². The van der Waals surface area contributed by atoms with Gasteiger partial charge in [0.25, 0.3) is 11.5 Å². The summed E-state index contributed by atoms with van der Waals surface area (Å²) in [4.78, 5) is 31.1. The van der Waals surface area contributed by atoms with E-state index < -0.39 is 0 Å². The predicted molar refractivity (Wildman–Crippen MR) is 136 cm³/mol. The van der Waals surface area contributed by atoms with E-state index in [-0.39, 0.29) is 11.5 Å². The molecule has 2 aliphatic heterocycles. The number of fused-ring (bicyclic) bond motifs is 4. The minimum atomic E-state index is -0.297. The van der Waals surface area contributed by atoms with E-state index in [1.54, 1.807) is 11.0 Å². The van der Waals surface area contributed by atoms with Crippen LogP contribution in [-0.2, 0) is 12.8 Å². The Kier molecular flexibility index (Phi) is 5.37. The first-order valence-electron chi connectivity index (χ1n) is 11.6. The SMILES string of the molecule is Cc1cc2c(cc1C(=O)N1CCc3cc(Cl)ccc31)[nH]c(=O)c1nnc(CC3CCSCC3)n12. The van der Waals surface area contributed by atoms with Crippen LogP contribution < -0.4 is 10.5 Å². The van der Waals surface area contributed by atoms with Crippen LogP contribution in [0.4, 0.5) is 5.69 Å². The van der Waals surface area contributed by atoms with Crippen LogP contribution in [0.15, 0.2) is 35.1 Å². The fraction of sp³-hybridized carbons (Fsp3) is 0.360. The van der Waals surface area contributed by atoms with E-state index >= 15 is 0 Å². The molecule has 1 amide bonds. The Labute approximate surface area is 205 Å². The molecule has 4 aromatic rings. The maximum absolute atomic E-state index is 13.6. The van der Waals surface area contributed by atoms with Gasteiger partial charge in [-0.15, -0.1) is 10.2 Å². The third kappa shape index (κ3) is 3.60. The molecule has 9 heteroatoms. The standard InChI is InChI=1S/C25H24ClN5O2S/c1-14-10-21-19(13-18(14)25(33)30-7-4-16-12-17(26)2-3-20(16)30)27-24(32)23-29-28-22(31(21)23)11-15-5-8-34-9-6-15/h2-3,10,12-13,15H,4-9,11H2,1H3,(H,27,32). The fourth-order valence-electron chi connectivity index (χ4n) is 5.17. The molecule has 1 fully saturated rings. The van der Waals surface area contributed by atoms with E-state index in [0.29, 0.717) is 34.2 Å². The summed E-state index contributed by atoms with van der Waals surface area (Å²) in [5, 5.41) is 9.25. The number of carbonyl (C=O) groups excluding carboxylic acids is 1. The molecule has 0 saturated carbocycles. The number of aromatic nitrogens is 4. The van der Waals surface area contributed by atoms with Gasteiger partial charge in [0.05, 0.1) is 11.0 Å². The molecule has 0 atom stereocenters. The number of hydrogen-bond donors (Lipinski definition) is 1.